The van der Waals surface area contributed by atoms with Gasteiger partial charge in [0, 0.05) is 12.6 Å². The molecule has 0 bridgehead atoms. The number of rotatable bonds is 5. The van der Waals surface area contributed by atoms with E-state index in [2.05, 4.69) is 17.6 Å². The predicted octanol–water partition coefficient (Wildman–Crippen LogP) is 0.998. The molecule has 1 fully saturated rings. The fourth-order valence-electron chi connectivity index (χ4n) is 1.55. The Balaban J connectivity index is 2.06. The molecule has 1 aliphatic rings. The Morgan fingerprint density at radius 3 is 3.14 bits per heavy atom. The lowest BCUT2D eigenvalue weighted by Crippen LogP contribution is -2.46. The van der Waals surface area contributed by atoms with Crippen molar-refractivity contribution in [2.75, 3.05) is 24.6 Å². The highest BCUT2D eigenvalue weighted by Gasteiger charge is 2.14. The number of hydrogen-bond acceptors (Lipinski definition) is 3. The average molecular weight is 216 g/mol. The van der Waals surface area contributed by atoms with Crippen LogP contribution in [0.25, 0.3) is 0 Å². The molecule has 0 aromatic heterocycles. The van der Waals surface area contributed by atoms with Gasteiger partial charge in [0.25, 0.3) is 0 Å². The molecule has 0 spiro atoms. The molecule has 1 atom stereocenters. The molecule has 82 valence electrons. The zero-order chi connectivity index (χ0) is 10.2. The summed E-state index contributed by atoms with van der Waals surface area (Å²) in [5, 5.41) is 6.34. The maximum Gasteiger partial charge on any atom is 0.230 e. The average Bonchev–Trinajstić information content (AvgIpc) is 2.20. The van der Waals surface area contributed by atoms with Crippen molar-refractivity contribution in [2.45, 2.75) is 32.2 Å². The summed E-state index contributed by atoms with van der Waals surface area (Å²) in [5.74, 6) is 1.89. The summed E-state index contributed by atoms with van der Waals surface area (Å²) < 4.78 is 0. The Morgan fingerprint density at radius 1 is 1.64 bits per heavy atom. The van der Waals surface area contributed by atoms with Gasteiger partial charge in [0.15, 0.2) is 0 Å². The molecule has 1 unspecified atom stereocenters. The van der Waals surface area contributed by atoms with Crippen molar-refractivity contribution in [1.29, 1.82) is 0 Å². The molecule has 0 aliphatic carbocycles. The minimum atomic E-state index is 0.192. The van der Waals surface area contributed by atoms with Gasteiger partial charge in [-0.3, -0.25) is 4.79 Å². The van der Waals surface area contributed by atoms with Crippen LogP contribution in [-0.2, 0) is 4.79 Å². The number of carbonyl (C=O) groups excluding carboxylic acids is 1. The minimum Gasteiger partial charge on any atom is -0.351 e. The Hall–Kier alpha value is -0.220. The first-order valence-electron chi connectivity index (χ1n) is 5.40. The Labute approximate surface area is 90.4 Å². The van der Waals surface area contributed by atoms with Gasteiger partial charge in [-0.2, -0.15) is 11.8 Å². The molecule has 0 saturated carbocycles. The SMILES string of the molecule is CCCSCC(=O)NC1CCCNC1. The van der Waals surface area contributed by atoms with Crippen LogP contribution < -0.4 is 10.6 Å². The molecule has 1 heterocycles. The molecule has 0 aromatic carbocycles. The van der Waals surface area contributed by atoms with Crippen LogP contribution in [0.4, 0.5) is 0 Å². The minimum absolute atomic E-state index is 0.192. The first-order valence-corrected chi connectivity index (χ1v) is 6.56. The van der Waals surface area contributed by atoms with Gasteiger partial charge in [0.05, 0.1) is 5.75 Å². The summed E-state index contributed by atoms with van der Waals surface area (Å²) in [7, 11) is 0. The predicted molar refractivity (Wildman–Crippen MR) is 61.7 cm³/mol. The topological polar surface area (TPSA) is 41.1 Å². The van der Waals surface area contributed by atoms with Crippen LogP contribution in [0.1, 0.15) is 26.2 Å². The summed E-state index contributed by atoms with van der Waals surface area (Å²) in [6.45, 7) is 4.16. The fourth-order valence-corrected chi connectivity index (χ4v) is 2.26. The maximum atomic E-state index is 11.4. The quantitative estimate of drug-likeness (QED) is 0.674. The van der Waals surface area contributed by atoms with Gasteiger partial charge in [-0.05, 0) is 31.6 Å². The van der Waals surface area contributed by atoms with Gasteiger partial charge in [0.1, 0.15) is 0 Å². The summed E-state index contributed by atoms with van der Waals surface area (Å²) in [4.78, 5) is 11.4. The van der Waals surface area contributed by atoms with Crippen LogP contribution in [0, 0.1) is 0 Å². The van der Waals surface area contributed by atoms with Crippen molar-refractivity contribution in [3.8, 4) is 0 Å². The summed E-state index contributed by atoms with van der Waals surface area (Å²) >= 11 is 1.72. The van der Waals surface area contributed by atoms with E-state index in [0.29, 0.717) is 11.8 Å². The van der Waals surface area contributed by atoms with Crippen LogP contribution in [0.5, 0.6) is 0 Å². The molecule has 1 aliphatic heterocycles. The summed E-state index contributed by atoms with van der Waals surface area (Å²) in [6.07, 6.45) is 3.44. The van der Waals surface area contributed by atoms with Crippen molar-refractivity contribution in [1.82, 2.24) is 10.6 Å². The van der Waals surface area contributed by atoms with E-state index >= 15 is 0 Å². The van der Waals surface area contributed by atoms with E-state index in [0.717, 1.165) is 31.7 Å². The Bertz CT molecular complexity index is 170. The monoisotopic (exact) mass is 216 g/mol. The molecule has 1 rings (SSSR count). The van der Waals surface area contributed by atoms with Gasteiger partial charge in [-0.15, -0.1) is 0 Å². The number of carbonyl (C=O) groups is 1. The molecule has 1 amide bonds. The molecule has 14 heavy (non-hydrogen) atoms. The van der Waals surface area contributed by atoms with E-state index in [1.165, 1.54) is 6.42 Å². The molecular formula is C10H20N2OS. The fraction of sp³-hybridized carbons (Fsp3) is 0.900. The van der Waals surface area contributed by atoms with Crippen LogP contribution in [-0.4, -0.2) is 36.5 Å². The highest BCUT2D eigenvalue weighted by Crippen LogP contribution is 2.04. The van der Waals surface area contributed by atoms with Crippen LogP contribution >= 0.6 is 11.8 Å². The number of amides is 1. The lowest BCUT2D eigenvalue weighted by Gasteiger charge is -2.23. The number of nitrogens with one attached hydrogen (secondary N) is 2. The number of thioether (sulfide) groups is 1. The summed E-state index contributed by atoms with van der Waals surface area (Å²) in [5.41, 5.74) is 0. The lowest BCUT2D eigenvalue weighted by molar-refractivity contribution is -0.119. The van der Waals surface area contributed by atoms with Gasteiger partial charge < -0.3 is 10.6 Å². The first kappa shape index (κ1) is 11.9. The highest BCUT2D eigenvalue weighted by molar-refractivity contribution is 7.99. The third kappa shape index (κ3) is 4.86. The van der Waals surface area contributed by atoms with Crippen LogP contribution in [0.3, 0.4) is 0 Å². The second kappa shape index (κ2) is 7.12. The normalized spacial score (nSPS) is 21.9. The molecule has 0 radical (unpaired) electrons. The molecule has 3 nitrogen and oxygen atoms in total. The number of hydrogen-bond donors (Lipinski definition) is 2. The van der Waals surface area contributed by atoms with E-state index in [1.54, 1.807) is 11.8 Å². The van der Waals surface area contributed by atoms with Gasteiger partial charge in [-0.25, -0.2) is 0 Å². The van der Waals surface area contributed by atoms with Crippen LogP contribution in [0.2, 0.25) is 0 Å². The van der Waals surface area contributed by atoms with E-state index in [-0.39, 0.29) is 5.91 Å². The standard InChI is InChI=1S/C10H20N2OS/c1-2-6-14-8-10(13)12-9-4-3-5-11-7-9/h9,11H,2-8H2,1H3,(H,12,13). The van der Waals surface area contributed by atoms with E-state index < -0.39 is 0 Å². The number of piperidine rings is 1. The zero-order valence-corrected chi connectivity index (χ0v) is 9.66. The Kier molecular flexibility index (Phi) is 6.03. The van der Waals surface area contributed by atoms with E-state index in [4.69, 9.17) is 0 Å². The lowest BCUT2D eigenvalue weighted by atomic mass is 10.1. The maximum absolute atomic E-state index is 11.4. The van der Waals surface area contributed by atoms with Crippen molar-refractivity contribution in [2.24, 2.45) is 0 Å². The second-order valence-corrected chi connectivity index (χ2v) is 4.77. The smallest absolute Gasteiger partial charge is 0.230 e. The largest absolute Gasteiger partial charge is 0.351 e. The van der Waals surface area contributed by atoms with Crippen LogP contribution in [0.15, 0.2) is 0 Å². The van der Waals surface area contributed by atoms with Gasteiger partial charge in [0.2, 0.25) is 5.91 Å². The van der Waals surface area contributed by atoms with Crippen molar-refractivity contribution >= 4 is 17.7 Å². The third-order valence-corrected chi connectivity index (χ3v) is 3.41. The molecule has 1 saturated heterocycles. The first-order chi connectivity index (χ1) is 6.83. The molecule has 0 aromatic rings. The molecule has 4 heteroatoms. The second-order valence-electron chi connectivity index (χ2n) is 3.66. The van der Waals surface area contributed by atoms with E-state index in [1.807, 2.05) is 0 Å². The van der Waals surface area contributed by atoms with Crippen molar-refractivity contribution < 1.29 is 4.79 Å². The van der Waals surface area contributed by atoms with Gasteiger partial charge >= 0.3 is 0 Å². The highest BCUT2D eigenvalue weighted by atomic mass is 32.2. The van der Waals surface area contributed by atoms with Crippen molar-refractivity contribution in [3.63, 3.8) is 0 Å². The zero-order valence-electron chi connectivity index (χ0n) is 8.84. The Morgan fingerprint density at radius 2 is 2.50 bits per heavy atom. The molecule has 2 N–H and O–H groups in total. The van der Waals surface area contributed by atoms with Crippen molar-refractivity contribution in [3.05, 3.63) is 0 Å². The van der Waals surface area contributed by atoms with Gasteiger partial charge in [-0.1, -0.05) is 6.92 Å². The molecular weight excluding hydrogens is 196 g/mol. The summed E-state index contributed by atoms with van der Waals surface area (Å²) in [6, 6.07) is 0.360. The third-order valence-electron chi connectivity index (χ3n) is 2.24. The van der Waals surface area contributed by atoms with E-state index in [9.17, 15) is 4.79 Å².